The van der Waals surface area contributed by atoms with Gasteiger partial charge in [0, 0.05) is 17.3 Å². The summed E-state index contributed by atoms with van der Waals surface area (Å²) >= 11 is 0. The maximum Gasteiger partial charge on any atom is 0.0580 e. The molecule has 1 aromatic heterocycles. The number of anilines is 1. The lowest BCUT2D eigenvalue weighted by Gasteiger charge is -2.02. The Morgan fingerprint density at radius 1 is 1.29 bits per heavy atom. The van der Waals surface area contributed by atoms with Crippen molar-refractivity contribution in [3.05, 3.63) is 35.7 Å². The van der Waals surface area contributed by atoms with Crippen molar-refractivity contribution in [3.8, 4) is 0 Å². The number of hydrogen-bond acceptors (Lipinski definition) is 2. The van der Waals surface area contributed by atoms with E-state index in [9.17, 15) is 0 Å². The predicted octanol–water partition coefficient (Wildman–Crippen LogP) is 2.73. The molecule has 1 unspecified atom stereocenters. The molecular weight excluding hydrogens is 172 g/mol. The first-order valence-corrected chi connectivity index (χ1v) is 4.91. The molecule has 72 valence electrons. The molecule has 0 amide bonds. The highest BCUT2D eigenvalue weighted by Crippen LogP contribution is 2.24. The highest BCUT2D eigenvalue weighted by Gasteiger charge is 2.06. The molecule has 2 heteroatoms. The van der Waals surface area contributed by atoms with Gasteiger partial charge in [0.25, 0.3) is 0 Å². The molecule has 0 aromatic carbocycles. The van der Waals surface area contributed by atoms with Gasteiger partial charge < -0.3 is 5.73 Å². The summed E-state index contributed by atoms with van der Waals surface area (Å²) in [6.07, 6.45) is 13.3. The third-order valence-corrected chi connectivity index (χ3v) is 2.55. The maximum atomic E-state index is 5.85. The molecule has 0 aliphatic heterocycles. The van der Waals surface area contributed by atoms with Crippen LogP contribution in [0.1, 0.15) is 24.5 Å². The predicted molar refractivity (Wildman–Crippen MR) is 60.5 cm³/mol. The first-order chi connectivity index (χ1) is 6.81. The van der Waals surface area contributed by atoms with E-state index >= 15 is 0 Å². The quantitative estimate of drug-likeness (QED) is 0.732. The summed E-state index contributed by atoms with van der Waals surface area (Å²) in [5.41, 5.74) is 8.80. The molecule has 0 bridgehead atoms. The highest BCUT2D eigenvalue weighted by atomic mass is 14.7. The molecule has 0 radical (unpaired) electrons. The molecule has 1 aliphatic carbocycles. The van der Waals surface area contributed by atoms with Crippen LogP contribution < -0.4 is 5.73 Å². The Bertz CT molecular complexity index is 391. The lowest BCUT2D eigenvalue weighted by molar-refractivity contribution is 0.782. The Morgan fingerprint density at radius 3 is 2.86 bits per heavy atom. The third kappa shape index (κ3) is 1.55. The fraction of sp³-hybridized carbons (Fsp3) is 0.250. The number of nitrogens with two attached hydrogens (primary N) is 1. The van der Waals surface area contributed by atoms with Gasteiger partial charge in [-0.1, -0.05) is 31.2 Å². The van der Waals surface area contributed by atoms with Crippen LogP contribution in [-0.2, 0) is 0 Å². The van der Waals surface area contributed by atoms with E-state index in [2.05, 4.69) is 36.2 Å². The Morgan fingerprint density at radius 2 is 2.07 bits per heavy atom. The van der Waals surface area contributed by atoms with E-state index in [1.807, 2.05) is 6.20 Å². The van der Waals surface area contributed by atoms with Gasteiger partial charge in [0.15, 0.2) is 0 Å². The average Bonchev–Trinajstić information content (AvgIpc) is 2.41. The first-order valence-electron chi connectivity index (χ1n) is 4.91. The molecule has 2 nitrogen and oxygen atoms in total. The standard InChI is InChI=1S/C12H14N2/c1-2-9-3-5-10-7-14-8-12(13)11(10)6-4-9/h3-9H,2,13H2,1H3. The van der Waals surface area contributed by atoms with Gasteiger partial charge in [-0.3, -0.25) is 4.98 Å². The second-order valence-corrected chi connectivity index (χ2v) is 3.52. The molecule has 0 fully saturated rings. The van der Waals surface area contributed by atoms with Crippen LogP contribution in [0.5, 0.6) is 0 Å². The van der Waals surface area contributed by atoms with Crippen LogP contribution in [-0.4, -0.2) is 4.98 Å². The van der Waals surface area contributed by atoms with Crippen molar-refractivity contribution in [2.75, 3.05) is 5.73 Å². The van der Waals surface area contributed by atoms with Crippen molar-refractivity contribution in [1.82, 2.24) is 4.98 Å². The number of fused-ring (bicyclic) bond motifs is 1. The van der Waals surface area contributed by atoms with E-state index < -0.39 is 0 Å². The minimum absolute atomic E-state index is 0.516. The Balaban J connectivity index is 2.48. The van der Waals surface area contributed by atoms with Gasteiger partial charge in [-0.25, -0.2) is 0 Å². The lowest BCUT2D eigenvalue weighted by Crippen LogP contribution is -1.93. The summed E-state index contributed by atoms with van der Waals surface area (Å²) in [6.45, 7) is 2.18. The van der Waals surface area contributed by atoms with E-state index in [0.717, 1.165) is 23.2 Å². The monoisotopic (exact) mass is 186 g/mol. The van der Waals surface area contributed by atoms with Crippen molar-refractivity contribution in [2.24, 2.45) is 5.92 Å². The van der Waals surface area contributed by atoms with Crippen molar-refractivity contribution in [2.45, 2.75) is 13.3 Å². The fourth-order valence-corrected chi connectivity index (χ4v) is 1.61. The largest absolute Gasteiger partial charge is 0.397 e. The first kappa shape index (κ1) is 9.00. The van der Waals surface area contributed by atoms with Crippen molar-refractivity contribution >= 4 is 17.8 Å². The van der Waals surface area contributed by atoms with Gasteiger partial charge in [-0.2, -0.15) is 0 Å². The van der Waals surface area contributed by atoms with Crippen LogP contribution in [0.2, 0.25) is 0 Å². The lowest BCUT2D eigenvalue weighted by atomic mass is 10.1. The second kappa shape index (κ2) is 3.66. The normalized spacial score (nSPS) is 19.1. The highest BCUT2D eigenvalue weighted by molar-refractivity contribution is 5.75. The van der Waals surface area contributed by atoms with Gasteiger partial charge in [-0.05, 0) is 12.3 Å². The van der Waals surface area contributed by atoms with Crippen molar-refractivity contribution in [1.29, 1.82) is 0 Å². The summed E-state index contributed by atoms with van der Waals surface area (Å²) in [5.74, 6) is 0.516. The van der Waals surface area contributed by atoms with E-state index in [-0.39, 0.29) is 0 Å². The zero-order valence-corrected chi connectivity index (χ0v) is 8.27. The van der Waals surface area contributed by atoms with Gasteiger partial charge in [0.2, 0.25) is 0 Å². The zero-order chi connectivity index (χ0) is 9.97. The molecule has 0 spiro atoms. The van der Waals surface area contributed by atoms with Crippen LogP contribution in [0.15, 0.2) is 24.5 Å². The van der Waals surface area contributed by atoms with Crippen LogP contribution >= 0.6 is 0 Å². The van der Waals surface area contributed by atoms with Gasteiger partial charge >= 0.3 is 0 Å². The molecule has 0 saturated heterocycles. The molecule has 14 heavy (non-hydrogen) atoms. The number of pyridine rings is 1. The number of nitrogen functional groups attached to an aromatic ring is 1. The second-order valence-electron chi connectivity index (χ2n) is 3.52. The third-order valence-electron chi connectivity index (χ3n) is 2.55. The molecule has 1 aliphatic rings. The topological polar surface area (TPSA) is 38.9 Å². The molecule has 0 saturated carbocycles. The number of rotatable bonds is 1. The minimum Gasteiger partial charge on any atom is -0.397 e. The van der Waals surface area contributed by atoms with Gasteiger partial charge in [-0.15, -0.1) is 0 Å². The van der Waals surface area contributed by atoms with E-state index in [0.29, 0.717) is 5.92 Å². The molecule has 2 rings (SSSR count). The Hall–Kier alpha value is -1.57. The molecule has 1 atom stereocenters. The summed E-state index contributed by atoms with van der Waals surface area (Å²) in [6, 6.07) is 0. The molecular formula is C12H14N2. The molecule has 1 aromatic rings. The minimum atomic E-state index is 0.516. The number of nitrogens with zero attached hydrogens (tertiary/aromatic N) is 1. The van der Waals surface area contributed by atoms with Crippen molar-refractivity contribution in [3.63, 3.8) is 0 Å². The summed E-state index contributed by atoms with van der Waals surface area (Å²) < 4.78 is 0. The van der Waals surface area contributed by atoms with Gasteiger partial charge in [0.1, 0.15) is 0 Å². The molecule has 1 heterocycles. The van der Waals surface area contributed by atoms with E-state index in [4.69, 9.17) is 5.73 Å². The van der Waals surface area contributed by atoms with Gasteiger partial charge in [0.05, 0.1) is 11.9 Å². The van der Waals surface area contributed by atoms with Crippen LogP contribution in [0.4, 0.5) is 5.69 Å². The summed E-state index contributed by atoms with van der Waals surface area (Å²) in [4.78, 5) is 4.08. The van der Waals surface area contributed by atoms with Crippen LogP contribution in [0.3, 0.4) is 0 Å². The number of hydrogen-bond donors (Lipinski definition) is 1. The molecule has 2 N–H and O–H groups in total. The van der Waals surface area contributed by atoms with E-state index in [1.54, 1.807) is 6.20 Å². The number of aromatic nitrogens is 1. The van der Waals surface area contributed by atoms with E-state index in [1.165, 1.54) is 0 Å². The smallest absolute Gasteiger partial charge is 0.0580 e. The van der Waals surface area contributed by atoms with Crippen LogP contribution in [0, 0.1) is 5.92 Å². The summed E-state index contributed by atoms with van der Waals surface area (Å²) in [5, 5.41) is 0. The number of allylic oxidation sites excluding steroid dienone is 2. The average molecular weight is 186 g/mol. The summed E-state index contributed by atoms with van der Waals surface area (Å²) in [7, 11) is 0. The maximum absolute atomic E-state index is 5.85. The Labute approximate surface area is 84.2 Å². The van der Waals surface area contributed by atoms with Crippen LogP contribution in [0.25, 0.3) is 12.2 Å². The SMILES string of the molecule is CCC1C=Cc2cncc(N)c2C=C1. The fourth-order valence-electron chi connectivity index (χ4n) is 1.61. The Kier molecular flexibility index (Phi) is 2.35. The van der Waals surface area contributed by atoms with Crippen molar-refractivity contribution < 1.29 is 0 Å². The zero-order valence-electron chi connectivity index (χ0n) is 8.27.